The summed E-state index contributed by atoms with van der Waals surface area (Å²) in [6.45, 7) is 2.96. The Morgan fingerprint density at radius 2 is 2.00 bits per heavy atom. The van der Waals surface area contributed by atoms with Crippen LogP contribution in [-0.2, 0) is 23.0 Å². The molecule has 0 bridgehead atoms. The van der Waals surface area contributed by atoms with Gasteiger partial charge in [-0.05, 0) is 35.9 Å². The molecule has 26 heavy (non-hydrogen) atoms. The Hall–Kier alpha value is -1.74. The highest BCUT2D eigenvalue weighted by Gasteiger charge is 2.33. The minimum Gasteiger partial charge on any atom is -0.395 e. The Bertz CT molecular complexity index is 892. The molecule has 0 spiro atoms. The number of aliphatic hydroxyl groups excluding tert-OH is 1. The molecule has 0 radical (unpaired) electrons. The maximum atomic E-state index is 13.2. The summed E-state index contributed by atoms with van der Waals surface area (Å²) >= 11 is 1.13. The molecule has 1 N–H and O–H groups in total. The predicted octanol–water partition coefficient (Wildman–Crippen LogP) is 1.95. The van der Waals surface area contributed by atoms with Crippen molar-refractivity contribution in [1.29, 1.82) is 0 Å². The average molecular weight is 395 g/mol. The number of sulfonamides is 1. The van der Waals surface area contributed by atoms with Gasteiger partial charge in [-0.3, -0.25) is 4.79 Å². The second-order valence-electron chi connectivity index (χ2n) is 6.08. The van der Waals surface area contributed by atoms with Crippen LogP contribution in [0.3, 0.4) is 0 Å². The van der Waals surface area contributed by atoms with Gasteiger partial charge in [-0.15, -0.1) is 11.3 Å². The van der Waals surface area contributed by atoms with Gasteiger partial charge in [-0.25, -0.2) is 8.42 Å². The van der Waals surface area contributed by atoms with Gasteiger partial charge in [-0.1, -0.05) is 24.3 Å². The van der Waals surface area contributed by atoms with Gasteiger partial charge in [0.05, 0.1) is 6.61 Å². The number of likely N-dealkylation sites (N-methyl/N-ethyl adjacent to an activating group) is 1. The summed E-state index contributed by atoms with van der Waals surface area (Å²) in [5.41, 5.74) is 2.17. The summed E-state index contributed by atoms with van der Waals surface area (Å²) in [5, 5.41) is 10.8. The number of hydrogen-bond donors (Lipinski definition) is 1. The summed E-state index contributed by atoms with van der Waals surface area (Å²) in [4.78, 5) is 14.4. The molecule has 2 aromatic rings. The molecule has 1 aromatic carbocycles. The first kappa shape index (κ1) is 19.0. The van der Waals surface area contributed by atoms with E-state index in [1.165, 1.54) is 20.8 Å². The molecule has 0 unspecified atom stereocenters. The minimum atomic E-state index is -3.76. The third-order valence-electron chi connectivity index (χ3n) is 4.58. The quantitative estimate of drug-likeness (QED) is 0.812. The molecule has 3 rings (SSSR count). The van der Waals surface area contributed by atoms with Crippen LogP contribution in [0.15, 0.2) is 40.6 Å². The molecule has 0 atom stereocenters. The Morgan fingerprint density at radius 1 is 1.27 bits per heavy atom. The van der Waals surface area contributed by atoms with Crippen molar-refractivity contribution in [2.75, 3.05) is 26.2 Å². The molecule has 1 aromatic heterocycles. The number of hydrogen-bond acceptors (Lipinski definition) is 5. The van der Waals surface area contributed by atoms with Gasteiger partial charge >= 0.3 is 0 Å². The lowest BCUT2D eigenvalue weighted by molar-refractivity contribution is 0.0733. The molecular weight excluding hydrogens is 372 g/mol. The topological polar surface area (TPSA) is 77.9 Å². The lowest BCUT2D eigenvalue weighted by Gasteiger charge is -2.28. The van der Waals surface area contributed by atoms with E-state index in [1.54, 1.807) is 12.3 Å². The van der Waals surface area contributed by atoms with E-state index in [0.29, 0.717) is 26.1 Å². The Balaban J connectivity index is 1.90. The Morgan fingerprint density at radius 3 is 2.69 bits per heavy atom. The van der Waals surface area contributed by atoms with Crippen LogP contribution in [0, 0.1) is 0 Å². The zero-order chi connectivity index (χ0) is 18.7. The normalized spacial score (nSPS) is 14.8. The van der Waals surface area contributed by atoms with Crippen LogP contribution >= 0.6 is 11.3 Å². The fourth-order valence-corrected chi connectivity index (χ4v) is 5.92. The standard InChI is InChI=1S/C18H22N2O4S2/c1-2-19(10-11-21)18(22)17-16(8-12-25-17)26(23,24)20-9-7-14-5-3-4-6-15(14)13-20/h3-6,8,12,21H,2,7,9-11,13H2,1H3. The van der Waals surface area contributed by atoms with Gasteiger partial charge < -0.3 is 10.0 Å². The van der Waals surface area contributed by atoms with Crippen molar-refractivity contribution >= 4 is 27.3 Å². The lowest BCUT2D eigenvalue weighted by atomic mass is 10.0. The molecule has 0 saturated carbocycles. The first-order valence-electron chi connectivity index (χ1n) is 8.53. The molecule has 1 aliphatic rings. The van der Waals surface area contributed by atoms with Crippen molar-refractivity contribution in [3.8, 4) is 0 Å². The SMILES string of the molecule is CCN(CCO)C(=O)c1sccc1S(=O)(=O)N1CCc2ccccc2C1. The molecule has 0 aliphatic carbocycles. The first-order chi connectivity index (χ1) is 12.5. The highest BCUT2D eigenvalue weighted by atomic mass is 32.2. The van der Waals surface area contributed by atoms with Crippen LogP contribution < -0.4 is 0 Å². The largest absolute Gasteiger partial charge is 0.395 e. The van der Waals surface area contributed by atoms with Gasteiger partial charge in [0.2, 0.25) is 10.0 Å². The van der Waals surface area contributed by atoms with Gasteiger partial charge in [0.15, 0.2) is 0 Å². The summed E-state index contributed by atoms with van der Waals surface area (Å²) < 4.78 is 27.8. The number of amides is 1. The number of nitrogens with zero attached hydrogens (tertiary/aromatic N) is 2. The van der Waals surface area contributed by atoms with Crippen molar-refractivity contribution in [1.82, 2.24) is 9.21 Å². The number of carbonyl (C=O) groups excluding carboxylic acids is 1. The predicted molar refractivity (Wildman–Crippen MR) is 101 cm³/mol. The van der Waals surface area contributed by atoms with Crippen molar-refractivity contribution in [2.24, 2.45) is 0 Å². The maximum absolute atomic E-state index is 13.2. The number of rotatable bonds is 6. The van der Waals surface area contributed by atoms with E-state index in [-0.39, 0.29) is 28.8 Å². The summed E-state index contributed by atoms with van der Waals surface area (Å²) in [7, 11) is -3.76. The van der Waals surface area contributed by atoms with E-state index in [4.69, 9.17) is 5.11 Å². The molecular formula is C18H22N2O4S2. The number of carbonyl (C=O) groups is 1. The van der Waals surface area contributed by atoms with E-state index in [9.17, 15) is 13.2 Å². The second-order valence-corrected chi connectivity index (χ2v) is 8.90. The lowest BCUT2D eigenvalue weighted by Crippen LogP contribution is -2.38. The van der Waals surface area contributed by atoms with Gasteiger partial charge in [0, 0.05) is 26.2 Å². The summed E-state index contributed by atoms with van der Waals surface area (Å²) in [6, 6.07) is 9.33. The van der Waals surface area contributed by atoms with Crippen LogP contribution in [0.25, 0.3) is 0 Å². The number of fused-ring (bicyclic) bond motifs is 1. The Kier molecular flexibility index (Phi) is 5.76. The molecule has 2 heterocycles. The molecule has 1 amide bonds. The molecule has 8 heteroatoms. The van der Waals surface area contributed by atoms with Crippen LogP contribution in [-0.4, -0.2) is 54.9 Å². The third-order valence-corrected chi connectivity index (χ3v) is 7.49. The van der Waals surface area contributed by atoms with Crippen molar-refractivity contribution in [3.63, 3.8) is 0 Å². The zero-order valence-electron chi connectivity index (χ0n) is 14.6. The number of benzene rings is 1. The smallest absolute Gasteiger partial charge is 0.265 e. The Labute approximate surface area is 157 Å². The maximum Gasteiger partial charge on any atom is 0.265 e. The molecule has 1 aliphatic heterocycles. The van der Waals surface area contributed by atoms with E-state index in [2.05, 4.69) is 0 Å². The van der Waals surface area contributed by atoms with Crippen molar-refractivity contribution < 1.29 is 18.3 Å². The average Bonchev–Trinajstić information content (AvgIpc) is 3.16. The minimum absolute atomic E-state index is 0.0586. The van der Waals surface area contributed by atoms with Gasteiger partial charge in [-0.2, -0.15) is 4.31 Å². The van der Waals surface area contributed by atoms with Crippen LogP contribution in [0.2, 0.25) is 0 Å². The fraction of sp³-hybridized carbons (Fsp3) is 0.389. The monoisotopic (exact) mass is 394 g/mol. The molecule has 140 valence electrons. The van der Waals surface area contributed by atoms with E-state index >= 15 is 0 Å². The molecule has 0 saturated heterocycles. The van der Waals surface area contributed by atoms with Crippen LogP contribution in [0.1, 0.15) is 27.7 Å². The van der Waals surface area contributed by atoms with Crippen molar-refractivity contribution in [3.05, 3.63) is 51.7 Å². The van der Waals surface area contributed by atoms with Crippen LogP contribution in [0.5, 0.6) is 0 Å². The second kappa shape index (κ2) is 7.87. The molecule has 0 fully saturated rings. The first-order valence-corrected chi connectivity index (χ1v) is 10.9. The zero-order valence-corrected chi connectivity index (χ0v) is 16.2. The van der Waals surface area contributed by atoms with Crippen LogP contribution in [0.4, 0.5) is 0 Å². The highest BCUT2D eigenvalue weighted by molar-refractivity contribution is 7.89. The van der Waals surface area contributed by atoms with Gasteiger partial charge in [0.25, 0.3) is 5.91 Å². The van der Waals surface area contributed by atoms with E-state index < -0.39 is 10.0 Å². The van der Waals surface area contributed by atoms with E-state index in [0.717, 1.165) is 16.9 Å². The molecule has 6 nitrogen and oxygen atoms in total. The summed E-state index contributed by atoms with van der Waals surface area (Å²) in [5.74, 6) is -0.354. The fourth-order valence-electron chi connectivity index (χ4n) is 3.14. The third kappa shape index (κ3) is 3.55. The summed E-state index contributed by atoms with van der Waals surface area (Å²) in [6.07, 6.45) is 0.661. The van der Waals surface area contributed by atoms with Crippen molar-refractivity contribution in [2.45, 2.75) is 24.8 Å². The number of thiophene rings is 1. The van der Waals surface area contributed by atoms with Gasteiger partial charge in [0.1, 0.15) is 9.77 Å². The van der Waals surface area contributed by atoms with E-state index in [1.807, 2.05) is 24.3 Å². The highest BCUT2D eigenvalue weighted by Crippen LogP contribution is 2.30. The number of aliphatic hydroxyl groups is 1.